The van der Waals surface area contributed by atoms with Crippen LogP contribution in [0.2, 0.25) is 0 Å². The van der Waals surface area contributed by atoms with Gasteiger partial charge in [0.2, 0.25) is 0 Å². The van der Waals surface area contributed by atoms with Gasteiger partial charge in [-0.1, -0.05) is 12.1 Å². The number of hydrogen-bond acceptors (Lipinski definition) is 4. The number of halogens is 1. The molecule has 0 aliphatic carbocycles. The average Bonchev–Trinajstić information content (AvgIpc) is 2.68. The molecule has 0 radical (unpaired) electrons. The molecule has 0 saturated carbocycles. The molecule has 2 N–H and O–H groups in total. The summed E-state index contributed by atoms with van der Waals surface area (Å²) >= 11 is 0. The topological polar surface area (TPSA) is 58.1 Å². The molecule has 1 aromatic carbocycles. The van der Waals surface area contributed by atoms with Crippen LogP contribution < -0.4 is 20.1 Å². The maximum Gasteiger partial charge on any atom is 0.191 e. The Labute approximate surface area is 187 Å². The summed E-state index contributed by atoms with van der Waals surface area (Å²) in [7, 11) is 3.86. The molecule has 160 valence electrons. The molecule has 0 aromatic heterocycles. The van der Waals surface area contributed by atoms with E-state index in [1.165, 1.54) is 32.4 Å². The number of guanidine groups is 1. The number of aliphatic imine (C=N–C) groups is 1. The van der Waals surface area contributed by atoms with Gasteiger partial charge in [-0.25, -0.2) is 4.99 Å². The first-order valence-electron chi connectivity index (χ1n) is 10.1. The summed E-state index contributed by atoms with van der Waals surface area (Å²) in [5.41, 5.74) is 0. The first-order valence-corrected chi connectivity index (χ1v) is 10.1. The fourth-order valence-corrected chi connectivity index (χ4v) is 3.28. The molecule has 2 rings (SSSR count). The van der Waals surface area contributed by atoms with Crippen molar-refractivity contribution >= 4 is 29.9 Å². The lowest BCUT2D eigenvalue weighted by Crippen LogP contribution is -2.39. The van der Waals surface area contributed by atoms with Crippen LogP contribution in [0.4, 0.5) is 0 Å². The summed E-state index contributed by atoms with van der Waals surface area (Å²) in [6, 6.07) is 7.71. The van der Waals surface area contributed by atoms with Crippen LogP contribution in [0.3, 0.4) is 0 Å². The van der Waals surface area contributed by atoms with E-state index in [4.69, 9.17) is 9.47 Å². The quantitative estimate of drug-likeness (QED) is 0.307. The van der Waals surface area contributed by atoms with Crippen LogP contribution in [-0.4, -0.2) is 63.8 Å². The average molecular weight is 504 g/mol. The van der Waals surface area contributed by atoms with Gasteiger partial charge >= 0.3 is 0 Å². The van der Waals surface area contributed by atoms with Gasteiger partial charge in [0.25, 0.3) is 0 Å². The number of nitrogens with zero attached hydrogens (tertiary/aromatic N) is 2. The molecule has 0 spiro atoms. The van der Waals surface area contributed by atoms with Crippen LogP contribution in [-0.2, 0) is 0 Å². The molecule has 0 amide bonds. The van der Waals surface area contributed by atoms with Gasteiger partial charge < -0.3 is 25.0 Å². The molecule has 1 aliphatic heterocycles. The third-order valence-electron chi connectivity index (χ3n) is 4.93. The number of nitrogens with one attached hydrogen (secondary N) is 2. The van der Waals surface area contributed by atoms with Gasteiger partial charge in [0.1, 0.15) is 6.10 Å². The Morgan fingerprint density at radius 2 is 1.89 bits per heavy atom. The van der Waals surface area contributed by atoms with Crippen molar-refractivity contribution in [2.24, 2.45) is 10.9 Å². The molecule has 0 bridgehead atoms. The number of piperidine rings is 1. The largest absolute Gasteiger partial charge is 0.493 e. The third-order valence-corrected chi connectivity index (χ3v) is 4.93. The van der Waals surface area contributed by atoms with E-state index in [-0.39, 0.29) is 30.1 Å². The monoisotopic (exact) mass is 504 g/mol. The minimum absolute atomic E-state index is 0. The van der Waals surface area contributed by atoms with Crippen molar-refractivity contribution in [1.29, 1.82) is 0 Å². The highest BCUT2D eigenvalue weighted by atomic mass is 127. The Morgan fingerprint density at radius 1 is 1.21 bits per heavy atom. The molecule has 1 unspecified atom stereocenters. The van der Waals surface area contributed by atoms with Gasteiger partial charge in [-0.05, 0) is 71.3 Å². The van der Waals surface area contributed by atoms with Gasteiger partial charge in [0.05, 0.1) is 13.7 Å². The van der Waals surface area contributed by atoms with Crippen molar-refractivity contribution in [2.45, 2.75) is 39.2 Å². The molecule has 1 heterocycles. The summed E-state index contributed by atoms with van der Waals surface area (Å²) in [5.74, 6) is 3.18. The smallest absolute Gasteiger partial charge is 0.191 e. The predicted molar refractivity (Wildman–Crippen MR) is 127 cm³/mol. The molecule has 1 aromatic rings. The van der Waals surface area contributed by atoms with Gasteiger partial charge in [0.15, 0.2) is 17.5 Å². The van der Waals surface area contributed by atoms with Crippen LogP contribution in [0.25, 0.3) is 0 Å². The summed E-state index contributed by atoms with van der Waals surface area (Å²) in [5, 5.41) is 6.79. The Kier molecular flexibility index (Phi) is 12.3. The number of para-hydroxylation sites is 2. The molecule has 1 fully saturated rings. The van der Waals surface area contributed by atoms with Crippen LogP contribution in [0.1, 0.15) is 33.1 Å². The molecule has 1 atom stereocenters. The van der Waals surface area contributed by atoms with Crippen LogP contribution in [0.5, 0.6) is 11.5 Å². The molecular formula is C21H37IN4O2. The Hall–Kier alpha value is -1.22. The molecule has 28 heavy (non-hydrogen) atoms. The van der Waals surface area contributed by atoms with Crippen molar-refractivity contribution in [1.82, 2.24) is 15.5 Å². The third kappa shape index (κ3) is 8.86. The van der Waals surface area contributed by atoms with Crippen LogP contribution >= 0.6 is 24.0 Å². The maximum absolute atomic E-state index is 5.98. The summed E-state index contributed by atoms with van der Waals surface area (Å²) < 4.78 is 11.3. The lowest BCUT2D eigenvalue weighted by Gasteiger charge is -2.29. The highest BCUT2D eigenvalue weighted by Crippen LogP contribution is 2.26. The Bertz CT molecular complexity index is 577. The van der Waals surface area contributed by atoms with E-state index in [2.05, 4.69) is 34.5 Å². The lowest BCUT2D eigenvalue weighted by atomic mass is 9.94. The normalized spacial score (nSPS) is 16.8. The van der Waals surface area contributed by atoms with E-state index in [9.17, 15) is 0 Å². The highest BCUT2D eigenvalue weighted by Gasteiger charge is 2.16. The highest BCUT2D eigenvalue weighted by molar-refractivity contribution is 14.0. The number of rotatable bonds is 9. The van der Waals surface area contributed by atoms with Gasteiger partial charge in [-0.3, -0.25) is 0 Å². The fraction of sp³-hybridized carbons (Fsp3) is 0.667. The molecule has 1 aliphatic rings. The first kappa shape index (κ1) is 24.8. The lowest BCUT2D eigenvalue weighted by molar-refractivity contribution is 0.213. The van der Waals surface area contributed by atoms with E-state index in [0.717, 1.165) is 36.5 Å². The number of methoxy groups -OCH3 is 1. The number of likely N-dealkylation sites (tertiary alicyclic amines) is 1. The van der Waals surface area contributed by atoms with Gasteiger partial charge in [-0.15, -0.1) is 24.0 Å². The van der Waals surface area contributed by atoms with Crippen molar-refractivity contribution in [3.8, 4) is 11.5 Å². The van der Waals surface area contributed by atoms with Crippen LogP contribution in [0.15, 0.2) is 29.3 Å². The summed E-state index contributed by atoms with van der Waals surface area (Å²) in [6.45, 7) is 8.94. The second-order valence-corrected chi connectivity index (χ2v) is 7.26. The predicted octanol–water partition coefficient (Wildman–Crippen LogP) is 3.37. The number of hydrogen-bond donors (Lipinski definition) is 2. The zero-order valence-corrected chi connectivity index (χ0v) is 20.1. The standard InChI is InChI=1S/C21H36N4O2.HI/c1-5-22-21(23-13-10-18-11-14-25(3)15-12-18)24-16-17(2)27-20-9-7-6-8-19(20)26-4;/h6-9,17-18H,5,10-16H2,1-4H3,(H2,22,23,24);1H. The summed E-state index contributed by atoms with van der Waals surface area (Å²) in [4.78, 5) is 7.10. The molecule has 6 nitrogen and oxygen atoms in total. The second-order valence-electron chi connectivity index (χ2n) is 7.26. The first-order chi connectivity index (χ1) is 13.1. The second kappa shape index (κ2) is 13.9. The van der Waals surface area contributed by atoms with E-state index in [1.54, 1.807) is 7.11 Å². The van der Waals surface area contributed by atoms with Crippen molar-refractivity contribution in [3.05, 3.63) is 24.3 Å². The Balaban J connectivity index is 0.00000392. The van der Waals surface area contributed by atoms with Gasteiger partial charge in [-0.2, -0.15) is 0 Å². The molecule has 1 saturated heterocycles. The Morgan fingerprint density at radius 3 is 2.54 bits per heavy atom. The van der Waals surface area contributed by atoms with E-state index in [0.29, 0.717) is 6.54 Å². The van der Waals surface area contributed by atoms with Crippen molar-refractivity contribution < 1.29 is 9.47 Å². The van der Waals surface area contributed by atoms with Crippen LogP contribution in [0, 0.1) is 5.92 Å². The zero-order chi connectivity index (χ0) is 19.5. The minimum atomic E-state index is -0.0364. The van der Waals surface area contributed by atoms with Crippen molar-refractivity contribution in [2.75, 3.05) is 46.9 Å². The molecular weight excluding hydrogens is 467 g/mol. The maximum atomic E-state index is 5.98. The molecule has 7 heteroatoms. The minimum Gasteiger partial charge on any atom is -0.493 e. The van der Waals surface area contributed by atoms with Crippen molar-refractivity contribution in [3.63, 3.8) is 0 Å². The number of ether oxygens (including phenoxy) is 2. The SMILES string of the molecule is CCNC(=NCC(C)Oc1ccccc1OC)NCCC1CCN(C)CC1.I. The van der Waals surface area contributed by atoms with Gasteiger partial charge in [0, 0.05) is 13.1 Å². The van der Waals surface area contributed by atoms with E-state index >= 15 is 0 Å². The summed E-state index contributed by atoms with van der Waals surface area (Å²) in [6.07, 6.45) is 3.77. The fourth-order valence-electron chi connectivity index (χ4n) is 3.28. The van der Waals surface area contributed by atoms with E-state index < -0.39 is 0 Å². The zero-order valence-electron chi connectivity index (χ0n) is 17.7. The van der Waals surface area contributed by atoms with E-state index in [1.807, 2.05) is 31.2 Å². The number of benzene rings is 1.